The minimum atomic E-state index is -4.35. The van der Waals surface area contributed by atoms with Gasteiger partial charge in [0, 0.05) is 27.2 Å². The van der Waals surface area contributed by atoms with Gasteiger partial charge in [0.15, 0.2) is 0 Å². The zero-order valence-electron chi connectivity index (χ0n) is 15.6. The van der Waals surface area contributed by atoms with Gasteiger partial charge in [0.25, 0.3) is 11.4 Å². The molecule has 0 saturated heterocycles. The van der Waals surface area contributed by atoms with Crippen molar-refractivity contribution < 1.29 is 17.7 Å². The summed E-state index contributed by atoms with van der Waals surface area (Å²) in [5.41, 5.74) is -2.51. The van der Waals surface area contributed by atoms with Crippen LogP contribution >= 0.6 is 27.7 Å². The lowest BCUT2D eigenvalue weighted by atomic mass is 10.2. The molecule has 2 heterocycles. The lowest BCUT2D eigenvalue weighted by molar-refractivity contribution is -0.0328. The lowest BCUT2D eigenvalue weighted by Gasteiger charge is -2.07. The summed E-state index contributed by atoms with van der Waals surface area (Å²) in [6.45, 7) is 0.367. The smallest absolute Gasteiger partial charge is 0.334 e. The quantitative estimate of drug-likeness (QED) is 0.310. The second-order valence-corrected chi connectivity index (χ2v) is 8.56. The van der Waals surface area contributed by atoms with Crippen LogP contribution in [0.2, 0.25) is 0 Å². The standard InChI is InChI=1S/C21H13BrF3N3O2S/c22-16-3-1-2-13(10-16)11-28-12-15(6-9-18(28)29)20-26-19(27-30-20)14-4-7-17(8-5-14)31-21(23,24)25/h1-10,12H,11H2. The summed E-state index contributed by atoms with van der Waals surface area (Å²) in [5, 5.41) is 3.91. The van der Waals surface area contributed by atoms with E-state index in [1.807, 2.05) is 24.3 Å². The van der Waals surface area contributed by atoms with Crippen LogP contribution in [0.4, 0.5) is 13.2 Å². The third-order valence-corrected chi connectivity index (χ3v) is 5.48. The summed E-state index contributed by atoms with van der Waals surface area (Å²) in [4.78, 5) is 16.6. The van der Waals surface area contributed by atoms with E-state index in [9.17, 15) is 18.0 Å². The molecule has 31 heavy (non-hydrogen) atoms. The number of pyridine rings is 1. The van der Waals surface area contributed by atoms with Gasteiger partial charge in [0.1, 0.15) is 0 Å². The van der Waals surface area contributed by atoms with Crippen molar-refractivity contribution in [1.82, 2.24) is 14.7 Å². The molecular weight excluding hydrogens is 495 g/mol. The van der Waals surface area contributed by atoms with Crippen molar-refractivity contribution in [2.24, 2.45) is 0 Å². The van der Waals surface area contributed by atoms with Gasteiger partial charge in [-0.15, -0.1) is 0 Å². The average Bonchev–Trinajstić information content (AvgIpc) is 3.19. The molecule has 10 heteroatoms. The van der Waals surface area contributed by atoms with Gasteiger partial charge < -0.3 is 9.09 Å². The number of alkyl halides is 3. The van der Waals surface area contributed by atoms with Crippen LogP contribution in [-0.2, 0) is 6.54 Å². The Labute approximate surface area is 187 Å². The normalized spacial score (nSPS) is 11.6. The van der Waals surface area contributed by atoms with Crippen LogP contribution in [0.3, 0.4) is 0 Å². The molecule has 0 spiro atoms. The maximum Gasteiger partial charge on any atom is 0.446 e. The zero-order valence-corrected chi connectivity index (χ0v) is 18.0. The predicted octanol–water partition coefficient (Wildman–Crippen LogP) is 5.99. The van der Waals surface area contributed by atoms with Crippen molar-refractivity contribution in [3.05, 3.63) is 87.3 Å². The zero-order chi connectivity index (χ0) is 22.0. The van der Waals surface area contributed by atoms with Crippen LogP contribution in [0, 0.1) is 0 Å². The Hall–Kier alpha value is -2.85. The molecular formula is C21H13BrF3N3O2S. The number of nitrogens with zero attached hydrogens (tertiary/aromatic N) is 3. The Morgan fingerprint density at radius 1 is 1.03 bits per heavy atom. The summed E-state index contributed by atoms with van der Waals surface area (Å²) in [6.07, 6.45) is 1.63. The minimum Gasteiger partial charge on any atom is -0.334 e. The first-order chi connectivity index (χ1) is 14.8. The first-order valence-electron chi connectivity index (χ1n) is 8.92. The number of rotatable bonds is 5. The summed E-state index contributed by atoms with van der Waals surface area (Å²) in [7, 11) is 0. The number of hydrogen-bond donors (Lipinski definition) is 0. The average molecular weight is 508 g/mol. The molecule has 0 atom stereocenters. The molecule has 0 aliphatic rings. The Morgan fingerprint density at radius 3 is 2.48 bits per heavy atom. The van der Waals surface area contributed by atoms with Crippen LogP contribution in [0.25, 0.3) is 22.8 Å². The number of hydrogen-bond acceptors (Lipinski definition) is 5. The van der Waals surface area contributed by atoms with Gasteiger partial charge in [-0.25, -0.2) is 0 Å². The van der Waals surface area contributed by atoms with E-state index in [1.54, 1.807) is 12.3 Å². The van der Waals surface area contributed by atoms with Crippen LogP contribution in [0.5, 0.6) is 0 Å². The predicted molar refractivity (Wildman–Crippen MR) is 115 cm³/mol. The van der Waals surface area contributed by atoms with Crippen LogP contribution in [0.15, 0.2) is 85.5 Å². The van der Waals surface area contributed by atoms with E-state index in [2.05, 4.69) is 26.1 Å². The molecule has 158 valence electrons. The minimum absolute atomic E-state index is 0.0691. The Morgan fingerprint density at radius 2 is 1.77 bits per heavy atom. The molecule has 0 aliphatic heterocycles. The third kappa shape index (κ3) is 5.45. The summed E-state index contributed by atoms with van der Waals surface area (Å²) in [6, 6.07) is 16.3. The first kappa shape index (κ1) is 21.4. The fourth-order valence-corrected chi connectivity index (χ4v) is 3.86. The van der Waals surface area contributed by atoms with Gasteiger partial charge in [-0.05, 0) is 59.8 Å². The molecule has 0 N–H and O–H groups in total. The summed E-state index contributed by atoms with van der Waals surface area (Å²) < 4.78 is 45.2. The Kier molecular flexibility index (Phi) is 6.01. The number of halogens is 4. The summed E-state index contributed by atoms with van der Waals surface area (Å²) in [5.74, 6) is 0.440. The van der Waals surface area contributed by atoms with Crippen molar-refractivity contribution in [1.29, 1.82) is 0 Å². The molecule has 4 rings (SSSR count). The van der Waals surface area contributed by atoms with E-state index in [-0.39, 0.29) is 33.9 Å². The number of thioether (sulfide) groups is 1. The first-order valence-corrected chi connectivity index (χ1v) is 10.5. The Bertz CT molecular complexity index is 1270. The maximum absolute atomic E-state index is 12.5. The second-order valence-electron chi connectivity index (χ2n) is 6.51. The Balaban J connectivity index is 1.57. The van der Waals surface area contributed by atoms with Crippen molar-refractivity contribution in [3.63, 3.8) is 0 Å². The fraction of sp³-hybridized carbons (Fsp3) is 0.0952. The van der Waals surface area contributed by atoms with E-state index in [0.717, 1.165) is 10.0 Å². The van der Waals surface area contributed by atoms with Crippen molar-refractivity contribution in [2.45, 2.75) is 16.9 Å². The third-order valence-electron chi connectivity index (χ3n) is 4.24. The maximum atomic E-state index is 12.5. The molecule has 0 bridgehead atoms. The molecule has 2 aromatic carbocycles. The highest BCUT2D eigenvalue weighted by atomic mass is 79.9. The van der Waals surface area contributed by atoms with Gasteiger partial charge in [0.2, 0.25) is 5.82 Å². The SMILES string of the molecule is O=c1ccc(-c2nc(-c3ccc(SC(F)(F)F)cc3)no2)cn1Cc1cccc(Br)c1. The molecule has 2 aromatic heterocycles. The summed E-state index contributed by atoms with van der Waals surface area (Å²) >= 11 is 3.22. The van der Waals surface area contributed by atoms with Crippen LogP contribution < -0.4 is 5.56 Å². The highest BCUT2D eigenvalue weighted by Gasteiger charge is 2.29. The van der Waals surface area contributed by atoms with E-state index in [4.69, 9.17) is 4.52 Å². The fourth-order valence-electron chi connectivity index (χ4n) is 2.88. The van der Waals surface area contributed by atoms with Crippen molar-refractivity contribution >= 4 is 27.7 Å². The molecule has 0 aliphatic carbocycles. The molecule has 0 radical (unpaired) electrons. The largest absolute Gasteiger partial charge is 0.446 e. The van der Waals surface area contributed by atoms with Crippen molar-refractivity contribution in [3.8, 4) is 22.8 Å². The molecule has 0 saturated carbocycles. The van der Waals surface area contributed by atoms with Crippen LogP contribution in [-0.4, -0.2) is 20.2 Å². The molecule has 0 fully saturated rings. The second kappa shape index (κ2) is 8.72. The van der Waals surface area contributed by atoms with Crippen molar-refractivity contribution in [2.75, 3.05) is 0 Å². The van der Waals surface area contributed by atoms with Gasteiger partial charge >= 0.3 is 5.51 Å². The van der Waals surface area contributed by atoms with E-state index in [1.165, 1.54) is 34.9 Å². The van der Waals surface area contributed by atoms with Crippen LogP contribution in [0.1, 0.15) is 5.56 Å². The highest BCUT2D eigenvalue weighted by Crippen LogP contribution is 2.37. The molecule has 0 unspecified atom stereocenters. The van der Waals surface area contributed by atoms with Gasteiger partial charge in [-0.1, -0.05) is 33.2 Å². The molecule has 5 nitrogen and oxygen atoms in total. The van der Waals surface area contributed by atoms with E-state index >= 15 is 0 Å². The lowest BCUT2D eigenvalue weighted by Crippen LogP contribution is -2.19. The molecule has 4 aromatic rings. The van der Waals surface area contributed by atoms with Gasteiger partial charge in [-0.3, -0.25) is 4.79 Å². The highest BCUT2D eigenvalue weighted by molar-refractivity contribution is 9.10. The number of aromatic nitrogens is 3. The topological polar surface area (TPSA) is 60.9 Å². The van der Waals surface area contributed by atoms with E-state index < -0.39 is 5.51 Å². The number of benzene rings is 2. The molecule has 0 amide bonds. The van der Waals surface area contributed by atoms with Gasteiger partial charge in [0.05, 0.1) is 12.1 Å². The van der Waals surface area contributed by atoms with E-state index in [0.29, 0.717) is 17.7 Å². The van der Waals surface area contributed by atoms with Gasteiger partial charge in [-0.2, -0.15) is 18.2 Å². The monoisotopic (exact) mass is 507 g/mol.